The molecule has 0 spiro atoms. The maximum atomic E-state index is 13.8. The van der Waals surface area contributed by atoms with Crippen LogP contribution in [0.2, 0.25) is 0 Å². The fraction of sp³-hybridized carbons (Fsp3) is 0.233. The van der Waals surface area contributed by atoms with Gasteiger partial charge >= 0.3 is 0 Å². The Balaban J connectivity index is 1.52. The van der Waals surface area contributed by atoms with Gasteiger partial charge in [0.15, 0.2) is 11.5 Å². The number of carbonyl (C=O) groups is 1. The SMILES string of the molecule is COc1cc(C2C(C(=O)Nc3ccc(C)cc3C)=C(C)Nc3ncnn32)cc(Br)c1OCc1cccc(C)c1. The highest BCUT2D eigenvalue weighted by molar-refractivity contribution is 9.10. The van der Waals surface area contributed by atoms with Crippen LogP contribution in [0.15, 0.2) is 76.7 Å². The third kappa shape index (κ3) is 5.40. The summed E-state index contributed by atoms with van der Waals surface area (Å²) >= 11 is 3.68. The molecule has 1 aliphatic heterocycles. The minimum absolute atomic E-state index is 0.229. The summed E-state index contributed by atoms with van der Waals surface area (Å²) in [5.74, 6) is 1.44. The Morgan fingerprint density at radius 2 is 1.87 bits per heavy atom. The molecule has 0 saturated heterocycles. The van der Waals surface area contributed by atoms with Crippen LogP contribution in [0.3, 0.4) is 0 Å². The highest BCUT2D eigenvalue weighted by Gasteiger charge is 2.34. The van der Waals surface area contributed by atoms with Crippen LogP contribution in [0, 0.1) is 20.8 Å². The maximum absolute atomic E-state index is 13.8. The first-order valence-corrected chi connectivity index (χ1v) is 13.4. The standard InChI is InChI=1S/C30H30BrN5O3/c1-17-7-6-8-21(12-17)15-39-28-23(31)13-22(14-25(28)38-5)27-26(20(4)34-30-32-16-33-36(27)30)29(37)35-24-10-9-18(2)11-19(24)3/h6-14,16,27H,15H2,1-5H3,(H,35,37)(H,32,33,34). The zero-order valence-corrected chi connectivity index (χ0v) is 24.1. The van der Waals surface area contributed by atoms with Crippen molar-refractivity contribution >= 4 is 33.5 Å². The monoisotopic (exact) mass is 587 g/mol. The molecule has 200 valence electrons. The second-order valence-electron chi connectivity index (χ2n) is 9.68. The van der Waals surface area contributed by atoms with Gasteiger partial charge in [0.1, 0.15) is 19.0 Å². The minimum atomic E-state index is -0.550. The van der Waals surface area contributed by atoms with Gasteiger partial charge in [-0.15, -0.1) is 0 Å². The van der Waals surface area contributed by atoms with E-state index in [0.29, 0.717) is 39.8 Å². The van der Waals surface area contributed by atoms with Gasteiger partial charge in [0, 0.05) is 11.4 Å². The lowest BCUT2D eigenvalue weighted by Crippen LogP contribution is -2.31. The van der Waals surface area contributed by atoms with Crippen molar-refractivity contribution in [3.63, 3.8) is 0 Å². The van der Waals surface area contributed by atoms with Gasteiger partial charge in [-0.2, -0.15) is 10.1 Å². The first-order valence-electron chi connectivity index (χ1n) is 12.6. The molecule has 0 bridgehead atoms. The summed E-state index contributed by atoms with van der Waals surface area (Å²) in [5, 5.41) is 10.8. The number of nitrogens with one attached hydrogen (secondary N) is 2. The lowest BCUT2D eigenvalue weighted by molar-refractivity contribution is -0.113. The molecule has 1 unspecified atom stereocenters. The quantitative estimate of drug-likeness (QED) is 0.257. The van der Waals surface area contributed by atoms with Gasteiger partial charge in [0.05, 0.1) is 17.2 Å². The fourth-order valence-electron chi connectivity index (χ4n) is 4.83. The van der Waals surface area contributed by atoms with Crippen molar-refractivity contribution in [2.24, 2.45) is 0 Å². The first kappa shape index (κ1) is 26.5. The van der Waals surface area contributed by atoms with Crippen molar-refractivity contribution in [3.8, 4) is 11.5 Å². The van der Waals surface area contributed by atoms with Crippen LogP contribution in [-0.4, -0.2) is 27.8 Å². The molecule has 1 atom stereocenters. The number of carbonyl (C=O) groups excluding carboxylic acids is 1. The number of nitrogens with zero attached hydrogens (tertiary/aromatic N) is 3. The van der Waals surface area contributed by atoms with Crippen molar-refractivity contribution in [1.82, 2.24) is 14.8 Å². The molecular formula is C30H30BrN5O3. The molecule has 2 N–H and O–H groups in total. The van der Waals surface area contributed by atoms with Gasteiger partial charge in [-0.25, -0.2) is 4.68 Å². The van der Waals surface area contributed by atoms with Crippen molar-refractivity contribution in [3.05, 3.63) is 104 Å². The highest BCUT2D eigenvalue weighted by Crippen LogP contribution is 2.43. The van der Waals surface area contributed by atoms with Crippen molar-refractivity contribution < 1.29 is 14.3 Å². The van der Waals surface area contributed by atoms with E-state index < -0.39 is 6.04 Å². The summed E-state index contributed by atoms with van der Waals surface area (Å²) in [4.78, 5) is 18.1. The highest BCUT2D eigenvalue weighted by atomic mass is 79.9. The smallest absolute Gasteiger partial charge is 0.255 e. The average molecular weight is 589 g/mol. The van der Waals surface area contributed by atoms with E-state index in [9.17, 15) is 4.79 Å². The van der Waals surface area contributed by atoms with Crippen LogP contribution in [0.1, 0.15) is 40.8 Å². The zero-order valence-electron chi connectivity index (χ0n) is 22.5. The number of allylic oxidation sites excluding steroid dienone is 1. The number of halogens is 1. The molecule has 5 rings (SSSR count). The van der Waals surface area contributed by atoms with Crippen LogP contribution in [0.4, 0.5) is 11.6 Å². The van der Waals surface area contributed by atoms with E-state index in [1.807, 2.05) is 63.2 Å². The Morgan fingerprint density at radius 3 is 2.62 bits per heavy atom. The first-order chi connectivity index (χ1) is 18.7. The summed E-state index contributed by atoms with van der Waals surface area (Å²) < 4.78 is 14.3. The van der Waals surface area contributed by atoms with Gasteiger partial charge in [0.2, 0.25) is 5.95 Å². The van der Waals surface area contributed by atoms with Gasteiger partial charge in [-0.1, -0.05) is 47.5 Å². The second kappa shape index (κ2) is 10.9. The third-order valence-corrected chi connectivity index (χ3v) is 7.29. The minimum Gasteiger partial charge on any atom is -0.493 e. The number of hydrogen-bond donors (Lipinski definition) is 2. The lowest BCUT2D eigenvalue weighted by atomic mass is 9.94. The van der Waals surface area contributed by atoms with E-state index in [1.54, 1.807) is 11.8 Å². The fourth-order valence-corrected chi connectivity index (χ4v) is 5.41. The number of ether oxygens (including phenoxy) is 2. The van der Waals surface area contributed by atoms with E-state index >= 15 is 0 Å². The molecule has 3 aromatic carbocycles. The molecule has 39 heavy (non-hydrogen) atoms. The molecule has 2 heterocycles. The predicted molar refractivity (Wildman–Crippen MR) is 155 cm³/mol. The number of methoxy groups -OCH3 is 1. The van der Waals surface area contributed by atoms with Crippen LogP contribution >= 0.6 is 15.9 Å². The normalized spacial score (nSPS) is 14.5. The Bertz CT molecular complexity index is 1590. The molecule has 0 aliphatic carbocycles. The summed E-state index contributed by atoms with van der Waals surface area (Å²) in [5.41, 5.74) is 7.11. The third-order valence-electron chi connectivity index (χ3n) is 6.70. The summed E-state index contributed by atoms with van der Waals surface area (Å²) in [6, 6.07) is 17.4. The Morgan fingerprint density at radius 1 is 1.08 bits per heavy atom. The lowest BCUT2D eigenvalue weighted by Gasteiger charge is -2.29. The van der Waals surface area contributed by atoms with Gasteiger partial charge in [-0.05, 0) is 78.5 Å². The molecule has 8 nitrogen and oxygen atoms in total. The Labute approximate surface area is 236 Å². The van der Waals surface area contributed by atoms with Gasteiger partial charge in [-0.3, -0.25) is 4.79 Å². The average Bonchev–Trinajstić information content (AvgIpc) is 3.36. The summed E-state index contributed by atoms with van der Waals surface area (Å²) in [6.07, 6.45) is 1.47. The molecule has 0 radical (unpaired) electrons. The van der Waals surface area contributed by atoms with Crippen LogP contribution < -0.4 is 20.1 Å². The number of aromatic nitrogens is 3. The number of fused-ring (bicyclic) bond motifs is 1. The molecule has 1 aliphatic rings. The molecule has 0 fully saturated rings. The molecule has 1 aromatic heterocycles. The predicted octanol–water partition coefficient (Wildman–Crippen LogP) is 6.48. The topological polar surface area (TPSA) is 90.3 Å². The number of amides is 1. The van der Waals surface area contributed by atoms with Crippen molar-refractivity contribution in [2.75, 3.05) is 17.7 Å². The number of benzene rings is 3. The van der Waals surface area contributed by atoms with E-state index in [1.165, 1.54) is 11.9 Å². The largest absolute Gasteiger partial charge is 0.493 e. The summed E-state index contributed by atoms with van der Waals surface area (Å²) in [7, 11) is 1.60. The maximum Gasteiger partial charge on any atom is 0.255 e. The number of rotatable bonds is 7. The van der Waals surface area contributed by atoms with E-state index in [4.69, 9.17) is 9.47 Å². The van der Waals surface area contributed by atoms with Gasteiger partial charge in [0.25, 0.3) is 5.91 Å². The number of aryl methyl sites for hydroxylation is 3. The van der Waals surface area contributed by atoms with Crippen LogP contribution in [-0.2, 0) is 11.4 Å². The zero-order chi connectivity index (χ0) is 27.7. The van der Waals surface area contributed by atoms with Crippen LogP contribution in [0.5, 0.6) is 11.5 Å². The molecule has 1 amide bonds. The Kier molecular flexibility index (Phi) is 7.43. The van der Waals surface area contributed by atoms with Crippen LogP contribution in [0.25, 0.3) is 0 Å². The van der Waals surface area contributed by atoms with E-state index in [2.05, 4.69) is 55.7 Å². The number of anilines is 2. The summed E-state index contributed by atoms with van der Waals surface area (Å²) in [6.45, 7) is 8.31. The van der Waals surface area contributed by atoms with Crippen molar-refractivity contribution in [2.45, 2.75) is 40.3 Å². The van der Waals surface area contributed by atoms with E-state index in [-0.39, 0.29) is 5.91 Å². The number of hydrogen-bond acceptors (Lipinski definition) is 6. The van der Waals surface area contributed by atoms with Gasteiger partial charge < -0.3 is 20.1 Å². The molecule has 9 heteroatoms. The molecule has 0 saturated carbocycles. The second-order valence-corrected chi connectivity index (χ2v) is 10.5. The Hall–Kier alpha value is -4.11. The van der Waals surface area contributed by atoms with Crippen molar-refractivity contribution in [1.29, 1.82) is 0 Å². The van der Waals surface area contributed by atoms with E-state index in [0.717, 1.165) is 27.9 Å². The molecular weight excluding hydrogens is 558 g/mol. The molecule has 4 aromatic rings.